The Balaban J connectivity index is 1.96. The number of aromatic nitrogens is 1. The Morgan fingerprint density at radius 1 is 1.50 bits per heavy atom. The van der Waals surface area contributed by atoms with Crippen LogP contribution in [0.2, 0.25) is 0 Å². The summed E-state index contributed by atoms with van der Waals surface area (Å²) in [6.45, 7) is 6.90. The molecule has 1 aromatic heterocycles. The van der Waals surface area contributed by atoms with Crippen molar-refractivity contribution in [2.75, 3.05) is 19.6 Å². The molecular weight excluding hydrogens is 254 g/mol. The lowest BCUT2D eigenvalue weighted by molar-refractivity contribution is 0.0645. The summed E-state index contributed by atoms with van der Waals surface area (Å²) in [4.78, 5) is 27.8. The number of carbonyl (C=O) groups is 1. The van der Waals surface area contributed by atoms with Crippen LogP contribution in [0.25, 0.3) is 0 Å². The lowest BCUT2D eigenvalue weighted by Gasteiger charge is -2.37. The minimum Gasteiger partial charge on any atom is -0.338 e. The molecule has 1 aromatic rings. The Hall–Kier alpha value is -1.62. The molecule has 0 aromatic carbocycles. The van der Waals surface area contributed by atoms with E-state index in [1.165, 1.54) is 12.3 Å². The molecule has 5 nitrogen and oxygen atoms in total. The van der Waals surface area contributed by atoms with E-state index in [1.807, 2.05) is 4.90 Å². The van der Waals surface area contributed by atoms with Crippen LogP contribution in [0.1, 0.15) is 37.0 Å². The molecule has 0 bridgehead atoms. The number of H-pyrrole nitrogens is 1. The van der Waals surface area contributed by atoms with Crippen LogP contribution >= 0.6 is 0 Å². The van der Waals surface area contributed by atoms with Crippen molar-refractivity contribution in [2.45, 2.75) is 32.7 Å². The molecule has 1 saturated heterocycles. The number of rotatable bonds is 4. The van der Waals surface area contributed by atoms with Gasteiger partial charge in [0.05, 0.1) is 5.56 Å². The molecule has 1 amide bonds. The van der Waals surface area contributed by atoms with Crippen molar-refractivity contribution < 1.29 is 4.79 Å². The maximum absolute atomic E-state index is 12.4. The third-order valence-corrected chi connectivity index (χ3v) is 3.88. The molecule has 0 spiro atoms. The maximum Gasteiger partial charge on any atom is 0.255 e. The zero-order valence-electron chi connectivity index (χ0n) is 12.2. The molecule has 1 fully saturated rings. The monoisotopic (exact) mass is 277 g/mol. The summed E-state index contributed by atoms with van der Waals surface area (Å²) >= 11 is 0. The molecule has 2 heterocycles. The first-order valence-electron chi connectivity index (χ1n) is 7.33. The van der Waals surface area contributed by atoms with Gasteiger partial charge in [-0.2, -0.15) is 0 Å². The minimum absolute atomic E-state index is 0.00189. The predicted octanol–water partition coefficient (Wildman–Crippen LogP) is 1.23. The van der Waals surface area contributed by atoms with Crippen molar-refractivity contribution in [2.24, 2.45) is 5.92 Å². The summed E-state index contributed by atoms with van der Waals surface area (Å²) in [6, 6.07) is 3.48. The van der Waals surface area contributed by atoms with E-state index in [1.54, 1.807) is 6.07 Å². The van der Waals surface area contributed by atoms with Crippen LogP contribution in [0.15, 0.2) is 23.1 Å². The molecule has 1 aliphatic rings. The fourth-order valence-corrected chi connectivity index (χ4v) is 2.69. The summed E-state index contributed by atoms with van der Waals surface area (Å²) in [6.07, 6.45) is 3.61. The fourth-order valence-electron chi connectivity index (χ4n) is 2.69. The smallest absolute Gasteiger partial charge is 0.255 e. The average molecular weight is 277 g/mol. The molecule has 0 aliphatic carbocycles. The second-order valence-electron chi connectivity index (χ2n) is 5.52. The zero-order valence-corrected chi connectivity index (χ0v) is 12.2. The van der Waals surface area contributed by atoms with E-state index in [-0.39, 0.29) is 11.5 Å². The van der Waals surface area contributed by atoms with Crippen LogP contribution in [0.4, 0.5) is 0 Å². The minimum atomic E-state index is -0.183. The number of likely N-dealkylation sites (tertiary alicyclic amines) is 1. The van der Waals surface area contributed by atoms with Crippen molar-refractivity contribution in [1.29, 1.82) is 0 Å². The van der Waals surface area contributed by atoms with Gasteiger partial charge in [-0.3, -0.25) is 9.59 Å². The summed E-state index contributed by atoms with van der Waals surface area (Å²) in [5.74, 6) is 0.448. The predicted molar refractivity (Wildman–Crippen MR) is 78.8 cm³/mol. The maximum atomic E-state index is 12.4. The Morgan fingerprint density at radius 2 is 2.30 bits per heavy atom. The van der Waals surface area contributed by atoms with Gasteiger partial charge in [0.15, 0.2) is 0 Å². The van der Waals surface area contributed by atoms with E-state index in [4.69, 9.17) is 0 Å². The lowest BCUT2D eigenvalue weighted by atomic mass is 9.93. The second-order valence-corrected chi connectivity index (χ2v) is 5.52. The van der Waals surface area contributed by atoms with Crippen LogP contribution in [-0.2, 0) is 0 Å². The van der Waals surface area contributed by atoms with Crippen LogP contribution in [0.3, 0.4) is 0 Å². The van der Waals surface area contributed by atoms with Gasteiger partial charge in [-0.25, -0.2) is 0 Å². The number of nitrogens with one attached hydrogen (secondary N) is 2. The topological polar surface area (TPSA) is 65.2 Å². The highest BCUT2D eigenvalue weighted by atomic mass is 16.2. The van der Waals surface area contributed by atoms with Gasteiger partial charge in [0.2, 0.25) is 5.56 Å². The standard InChI is InChI=1S/C15H23N3O2/c1-3-7-16-13-6-8-18(10-11(13)2)15(20)12-4-5-14(19)17-9-12/h4-5,9,11,13,16H,3,6-8,10H2,1-2H3,(H,17,19). The Morgan fingerprint density at radius 3 is 2.90 bits per heavy atom. The van der Waals surface area contributed by atoms with Gasteiger partial charge in [-0.05, 0) is 31.4 Å². The lowest BCUT2D eigenvalue weighted by Crippen LogP contribution is -2.50. The molecular formula is C15H23N3O2. The van der Waals surface area contributed by atoms with Crippen LogP contribution in [-0.4, -0.2) is 41.5 Å². The Kier molecular flexibility index (Phi) is 4.95. The van der Waals surface area contributed by atoms with Crippen molar-refractivity contribution in [3.63, 3.8) is 0 Å². The highest BCUT2D eigenvalue weighted by Gasteiger charge is 2.28. The first-order valence-corrected chi connectivity index (χ1v) is 7.33. The molecule has 1 aliphatic heterocycles. The van der Waals surface area contributed by atoms with E-state index >= 15 is 0 Å². The van der Waals surface area contributed by atoms with Gasteiger partial charge in [0.25, 0.3) is 5.91 Å². The second kappa shape index (κ2) is 6.70. The fraction of sp³-hybridized carbons (Fsp3) is 0.600. The van der Waals surface area contributed by atoms with E-state index < -0.39 is 0 Å². The number of nitrogens with zero attached hydrogens (tertiary/aromatic N) is 1. The number of pyridine rings is 1. The van der Waals surface area contributed by atoms with E-state index in [0.717, 1.165) is 32.5 Å². The van der Waals surface area contributed by atoms with Gasteiger partial charge in [-0.15, -0.1) is 0 Å². The molecule has 0 radical (unpaired) electrons. The highest BCUT2D eigenvalue weighted by molar-refractivity contribution is 5.93. The summed E-state index contributed by atoms with van der Waals surface area (Å²) < 4.78 is 0. The summed E-state index contributed by atoms with van der Waals surface area (Å²) in [5, 5.41) is 3.54. The first kappa shape index (κ1) is 14.8. The average Bonchev–Trinajstić information content (AvgIpc) is 2.46. The zero-order chi connectivity index (χ0) is 14.5. The molecule has 2 atom stereocenters. The highest BCUT2D eigenvalue weighted by Crippen LogP contribution is 2.18. The van der Waals surface area contributed by atoms with E-state index in [0.29, 0.717) is 17.5 Å². The van der Waals surface area contributed by atoms with Crippen LogP contribution in [0.5, 0.6) is 0 Å². The molecule has 110 valence electrons. The van der Waals surface area contributed by atoms with Gasteiger partial charge >= 0.3 is 0 Å². The van der Waals surface area contributed by atoms with Gasteiger partial charge in [0, 0.05) is 31.4 Å². The number of amides is 1. The summed E-state index contributed by atoms with van der Waals surface area (Å²) in [7, 11) is 0. The van der Waals surface area contributed by atoms with Crippen molar-refractivity contribution in [3.8, 4) is 0 Å². The normalized spacial score (nSPS) is 22.8. The first-order chi connectivity index (χ1) is 9.61. The molecule has 0 saturated carbocycles. The molecule has 2 N–H and O–H groups in total. The number of hydrogen-bond donors (Lipinski definition) is 2. The van der Waals surface area contributed by atoms with E-state index in [2.05, 4.69) is 24.1 Å². The van der Waals surface area contributed by atoms with Crippen LogP contribution < -0.4 is 10.9 Å². The quantitative estimate of drug-likeness (QED) is 0.870. The van der Waals surface area contributed by atoms with Crippen molar-refractivity contribution >= 4 is 5.91 Å². The molecule has 5 heteroatoms. The third-order valence-electron chi connectivity index (χ3n) is 3.88. The van der Waals surface area contributed by atoms with Crippen molar-refractivity contribution in [3.05, 3.63) is 34.2 Å². The Bertz CT molecular complexity index is 492. The number of piperidine rings is 1. The number of carbonyl (C=O) groups excluding carboxylic acids is 1. The number of aromatic amines is 1. The van der Waals surface area contributed by atoms with E-state index in [9.17, 15) is 9.59 Å². The van der Waals surface area contributed by atoms with Gasteiger partial charge in [-0.1, -0.05) is 13.8 Å². The molecule has 20 heavy (non-hydrogen) atoms. The molecule has 2 unspecified atom stereocenters. The van der Waals surface area contributed by atoms with Crippen molar-refractivity contribution in [1.82, 2.24) is 15.2 Å². The van der Waals surface area contributed by atoms with Crippen LogP contribution in [0, 0.1) is 5.92 Å². The summed E-state index contributed by atoms with van der Waals surface area (Å²) in [5.41, 5.74) is 0.370. The third kappa shape index (κ3) is 3.48. The largest absolute Gasteiger partial charge is 0.338 e. The number of hydrogen-bond acceptors (Lipinski definition) is 3. The van der Waals surface area contributed by atoms with Gasteiger partial charge in [0.1, 0.15) is 0 Å². The van der Waals surface area contributed by atoms with Gasteiger partial charge < -0.3 is 15.2 Å². The molecule has 2 rings (SSSR count). The SMILES string of the molecule is CCCNC1CCN(C(=O)c2ccc(=O)[nH]c2)CC1C. The Labute approximate surface area is 119 Å².